The highest BCUT2D eigenvalue weighted by atomic mass is 79.9. The van der Waals surface area contributed by atoms with Crippen LogP contribution in [0.1, 0.15) is 18.6 Å². The van der Waals surface area contributed by atoms with Crippen LogP contribution in [0.15, 0.2) is 28.9 Å². The molecule has 4 nitrogen and oxygen atoms in total. The monoisotopic (exact) mass is 297 g/mol. The quantitative estimate of drug-likeness (QED) is 0.915. The van der Waals surface area contributed by atoms with E-state index in [4.69, 9.17) is 5.11 Å². The fourth-order valence-electron chi connectivity index (χ4n) is 1.91. The highest BCUT2D eigenvalue weighted by Gasteiger charge is 2.13. The summed E-state index contributed by atoms with van der Waals surface area (Å²) >= 11 is 3.37. The predicted molar refractivity (Wildman–Crippen MR) is 67.9 cm³/mol. The van der Waals surface area contributed by atoms with Gasteiger partial charge in [-0.25, -0.2) is 0 Å². The van der Waals surface area contributed by atoms with Gasteiger partial charge in [0, 0.05) is 27.1 Å². The topological polar surface area (TPSA) is 62.5 Å². The molecule has 0 aliphatic rings. The molecule has 1 heterocycles. The number of aliphatic carboxylic acids is 1. The average molecular weight is 298 g/mol. The zero-order valence-electron chi connectivity index (χ0n) is 9.22. The van der Waals surface area contributed by atoms with Crippen LogP contribution in [0.5, 0.6) is 0 Å². The number of halogens is 1. The van der Waals surface area contributed by atoms with Crippen molar-refractivity contribution in [2.75, 3.05) is 0 Å². The van der Waals surface area contributed by atoms with Gasteiger partial charge in [0.15, 0.2) is 0 Å². The number of aliphatic hydroxyl groups is 1. The largest absolute Gasteiger partial charge is 0.480 e. The third-order valence-corrected chi connectivity index (χ3v) is 3.12. The van der Waals surface area contributed by atoms with Gasteiger partial charge in [-0.1, -0.05) is 15.9 Å². The van der Waals surface area contributed by atoms with Crippen LogP contribution in [-0.2, 0) is 11.3 Å². The molecule has 0 radical (unpaired) electrons. The summed E-state index contributed by atoms with van der Waals surface area (Å²) in [5, 5.41) is 19.4. The maximum Gasteiger partial charge on any atom is 0.323 e. The summed E-state index contributed by atoms with van der Waals surface area (Å²) in [6, 6.07) is 5.58. The van der Waals surface area contributed by atoms with Crippen molar-refractivity contribution >= 4 is 32.8 Å². The Hall–Kier alpha value is -1.33. The first kappa shape index (κ1) is 12.1. The fraction of sp³-hybridized carbons (Fsp3) is 0.250. The van der Waals surface area contributed by atoms with E-state index in [1.54, 1.807) is 17.7 Å². The maximum atomic E-state index is 10.8. The van der Waals surface area contributed by atoms with Crippen molar-refractivity contribution in [2.24, 2.45) is 0 Å². The molecule has 0 saturated heterocycles. The van der Waals surface area contributed by atoms with E-state index in [2.05, 4.69) is 15.9 Å². The number of benzene rings is 1. The summed E-state index contributed by atoms with van der Waals surface area (Å²) < 4.78 is 2.53. The van der Waals surface area contributed by atoms with Gasteiger partial charge in [0.05, 0.1) is 6.10 Å². The van der Waals surface area contributed by atoms with Gasteiger partial charge in [0.2, 0.25) is 0 Å². The number of hydrogen-bond acceptors (Lipinski definition) is 2. The Bertz CT molecular complexity index is 574. The minimum Gasteiger partial charge on any atom is -0.480 e. The van der Waals surface area contributed by atoms with E-state index in [0.717, 1.165) is 20.9 Å². The number of hydrogen-bond donors (Lipinski definition) is 2. The lowest BCUT2D eigenvalue weighted by molar-refractivity contribution is -0.137. The zero-order valence-corrected chi connectivity index (χ0v) is 10.8. The number of carbonyl (C=O) groups is 1. The SMILES string of the molecule is CC(O)c1cn(CC(=O)O)c2ccc(Br)cc12. The summed E-state index contributed by atoms with van der Waals surface area (Å²) in [6.07, 6.45) is 1.07. The zero-order chi connectivity index (χ0) is 12.6. The number of aliphatic hydroxyl groups excluding tert-OH is 1. The summed E-state index contributed by atoms with van der Waals surface area (Å²) in [6.45, 7) is 1.56. The number of carboxylic acid groups (broad SMARTS) is 1. The van der Waals surface area contributed by atoms with Gasteiger partial charge < -0.3 is 14.8 Å². The molecule has 2 N–H and O–H groups in total. The van der Waals surface area contributed by atoms with Gasteiger partial charge in [0.1, 0.15) is 6.54 Å². The van der Waals surface area contributed by atoms with Gasteiger partial charge in [-0.15, -0.1) is 0 Å². The van der Waals surface area contributed by atoms with Gasteiger partial charge in [-0.05, 0) is 25.1 Å². The third kappa shape index (κ3) is 2.35. The number of aromatic nitrogens is 1. The first-order chi connectivity index (χ1) is 7.99. The third-order valence-electron chi connectivity index (χ3n) is 2.63. The van der Waals surface area contributed by atoms with Crippen molar-refractivity contribution in [1.82, 2.24) is 4.57 Å². The first-order valence-electron chi connectivity index (χ1n) is 5.17. The van der Waals surface area contributed by atoms with E-state index >= 15 is 0 Å². The van der Waals surface area contributed by atoms with E-state index in [-0.39, 0.29) is 6.54 Å². The highest BCUT2D eigenvalue weighted by Crippen LogP contribution is 2.29. The molecule has 0 aliphatic heterocycles. The predicted octanol–water partition coefficient (Wildman–Crippen LogP) is 2.54. The number of rotatable bonds is 3. The first-order valence-corrected chi connectivity index (χ1v) is 5.96. The van der Waals surface area contributed by atoms with E-state index in [0.29, 0.717) is 0 Å². The van der Waals surface area contributed by atoms with Crippen molar-refractivity contribution in [1.29, 1.82) is 0 Å². The van der Waals surface area contributed by atoms with Gasteiger partial charge in [0.25, 0.3) is 0 Å². The van der Waals surface area contributed by atoms with Crippen LogP contribution in [0.25, 0.3) is 10.9 Å². The van der Waals surface area contributed by atoms with Gasteiger partial charge in [-0.2, -0.15) is 0 Å². The standard InChI is InChI=1S/C12H12BrNO3/c1-7(15)10-5-14(6-12(16)17)11-3-2-8(13)4-9(10)11/h2-5,7,15H,6H2,1H3,(H,16,17). The van der Waals surface area contributed by atoms with Crippen molar-refractivity contribution < 1.29 is 15.0 Å². The fourth-order valence-corrected chi connectivity index (χ4v) is 2.27. The van der Waals surface area contributed by atoms with Crippen molar-refractivity contribution in [2.45, 2.75) is 19.6 Å². The lowest BCUT2D eigenvalue weighted by Crippen LogP contribution is -2.07. The molecule has 2 aromatic rings. The molecule has 5 heteroatoms. The smallest absolute Gasteiger partial charge is 0.323 e. The summed E-state index contributed by atoms with van der Waals surface area (Å²) in [4.78, 5) is 10.8. The van der Waals surface area contributed by atoms with Crippen LogP contribution in [0, 0.1) is 0 Å². The second-order valence-corrected chi connectivity index (χ2v) is 4.86. The lowest BCUT2D eigenvalue weighted by Gasteiger charge is -2.01. The second-order valence-electron chi connectivity index (χ2n) is 3.94. The molecule has 1 unspecified atom stereocenters. The van der Waals surface area contributed by atoms with Gasteiger partial charge >= 0.3 is 5.97 Å². The van der Waals surface area contributed by atoms with Crippen LogP contribution in [0.4, 0.5) is 0 Å². The Morgan fingerprint density at radius 2 is 2.24 bits per heavy atom. The van der Waals surface area contributed by atoms with Crippen molar-refractivity contribution in [3.8, 4) is 0 Å². The maximum absolute atomic E-state index is 10.8. The molecule has 1 aromatic carbocycles. The number of nitrogens with zero attached hydrogens (tertiary/aromatic N) is 1. The summed E-state index contributed by atoms with van der Waals surface area (Å²) in [5.74, 6) is -0.901. The Morgan fingerprint density at radius 1 is 1.53 bits per heavy atom. The molecule has 2 rings (SSSR count). The summed E-state index contributed by atoms with van der Waals surface area (Å²) in [5.41, 5.74) is 1.55. The minimum atomic E-state index is -0.901. The molecule has 1 aromatic heterocycles. The molecule has 0 spiro atoms. The molecule has 0 fully saturated rings. The van der Waals surface area contributed by atoms with E-state index in [1.165, 1.54) is 0 Å². The molecule has 0 aliphatic carbocycles. The number of fused-ring (bicyclic) bond motifs is 1. The summed E-state index contributed by atoms with van der Waals surface area (Å²) in [7, 11) is 0. The van der Waals surface area contributed by atoms with Crippen molar-refractivity contribution in [3.63, 3.8) is 0 Å². The minimum absolute atomic E-state index is 0.106. The molecule has 1 atom stereocenters. The molecular weight excluding hydrogens is 286 g/mol. The van der Waals surface area contributed by atoms with Crippen LogP contribution >= 0.6 is 15.9 Å². The van der Waals surface area contributed by atoms with Crippen LogP contribution in [0.3, 0.4) is 0 Å². The Labute approximate surface area is 107 Å². The second kappa shape index (κ2) is 4.50. The Kier molecular flexibility index (Phi) is 3.22. The Morgan fingerprint density at radius 3 is 2.82 bits per heavy atom. The van der Waals surface area contributed by atoms with E-state index in [1.807, 2.05) is 18.2 Å². The van der Waals surface area contributed by atoms with E-state index in [9.17, 15) is 9.90 Å². The normalized spacial score (nSPS) is 12.9. The van der Waals surface area contributed by atoms with Crippen LogP contribution in [0.2, 0.25) is 0 Å². The molecule has 0 bridgehead atoms. The highest BCUT2D eigenvalue weighted by molar-refractivity contribution is 9.10. The molecule has 17 heavy (non-hydrogen) atoms. The lowest BCUT2D eigenvalue weighted by atomic mass is 10.1. The Balaban J connectivity index is 2.66. The molecule has 0 amide bonds. The molecule has 90 valence electrons. The molecular formula is C12H12BrNO3. The van der Waals surface area contributed by atoms with Gasteiger partial charge in [-0.3, -0.25) is 4.79 Å². The van der Waals surface area contributed by atoms with Crippen LogP contribution in [-0.4, -0.2) is 20.7 Å². The van der Waals surface area contributed by atoms with E-state index < -0.39 is 12.1 Å². The molecule has 0 saturated carbocycles. The number of carboxylic acids is 1. The van der Waals surface area contributed by atoms with Crippen LogP contribution < -0.4 is 0 Å². The van der Waals surface area contributed by atoms with Crippen molar-refractivity contribution in [3.05, 3.63) is 34.4 Å². The average Bonchev–Trinajstić information content (AvgIpc) is 2.55.